The van der Waals surface area contributed by atoms with Crippen LogP contribution in [0.25, 0.3) is 0 Å². The minimum absolute atomic E-state index is 0.161. The van der Waals surface area contributed by atoms with Gasteiger partial charge in [-0.25, -0.2) is 4.39 Å². The molecule has 1 aromatic rings. The molecule has 0 saturated carbocycles. The highest BCUT2D eigenvalue weighted by molar-refractivity contribution is 5.62. The van der Waals surface area contributed by atoms with Gasteiger partial charge in [0, 0.05) is 18.6 Å². The van der Waals surface area contributed by atoms with E-state index in [0.29, 0.717) is 11.7 Å². The molecule has 2 unspecified atom stereocenters. The lowest BCUT2D eigenvalue weighted by atomic mass is 10.1. The molecule has 0 bridgehead atoms. The average molecular weight is 253 g/mol. The molecule has 98 valence electrons. The molecule has 2 atom stereocenters. The minimum atomic E-state index is -0.593. The number of nitrogens with zero attached hydrogens (tertiary/aromatic N) is 2. The van der Waals surface area contributed by atoms with Gasteiger partial charge in [-0.15, -0.1) is 0 Å². The van der Waals surface area contributed by atoms with E-state index in [0.717, 1.165) is 19.0 Å². The Morgan fingerprint density at radius 1 is 1.56 bits per heavy atom. The van der Waals surface area contributed by atoms with Crippen molar-refractivity contribution in [3.8, 4) is 0 Å². The summed E-state index contributed by atoms with van der Waals surface area (Å²) in [5.41, 5.74) is 0.172. The molecular formula is C12H16FN3O2. The summed E-state index contributed by atoms with van der Waals surface area (Å²) in [6.07, 6.45) is 0.922. The van der Waals surface area contributed by atoms with Crippen LogP contribution in [0.15, 0.2) is 18.2 Å². The number of likely N-dealkylation sites (tertiary alicyclic amines) is 1. The van der Waals surface area contributed by atoms with Crippen LogP contribution in [0.3, 0.4) is 0 Å². The van der Waals surface area contributed by atoms with Crippen molar-refractivity contribution in [1.29, 1.82) is 0 Å². The second-order valence-electron chi connectivity index (χ2n) is 4.78. The predicted octanol–water partition coefficient (Wildman–Crippen LogP) is 2.24. The predicted molar refractivity (Wildman–Crippen MR) is 67.2 cm³/mol. The highest BCUT2D eigenvalue weighted by Gasteiger charge is 2.27. The molecule has 1 aliphatic rings. The monoisotopic (exact) mass is 253 g/mol. The van der Waals surface area contributed by atoms with E-state index < -0.39 is 10.7 Å². The lowest BCUT2D eigenvalue weighted by molar-refractivity contribution is -0.384. The molecule has 0 amide bonds. The summed E-state index contributed by atoms with van der Waals surface area (Å²) >= 11 is 0. The molecule has 1 fully saturated rings. The topological polar surface area (TPSA) is 58.4 Å². The third kappa shape index (κ3) is 2.59. The van der Waals surface area contributed by atoms with Crippen LogP contribution >= 0.6 is 0 Å². The molecule has 1 heterocycles. The van der Waals surface area contributed by atoms with Gasteiger partial charge in [-0.3, -0.25) is 10.1 Å². The van der Waals surface area contributed by atoms with Crippen LogP contribution in [0.2, 0.25) is 0 Å². The number of nitro benzene ring substituents is 1. The normalized spacial score (nSPS) is 24.2. The van der Waals surface area contributed by atoms with Crippen LogP contribution < -0.4 is 5.32 Å². The van der Waals surface area contributed by atoms with E-state index in [2.05, 4.69) is 17.1 Å². The van der Waals surface area contributed by atoms with Gasteiger partial charge in [-0.05, 0) is 32.5 Å². The lowest BCUT2D eigenvalue weighted by Crippen LogP contribution is -2.25. The highest BCUT2D eigenvalue weighted by Crippen LogP contribution is 2.28. The fourth-order valence-corrected chi connectivity index (χ4v) is 2.30. The number of anilines is 1. The average Bonchev–Trinajstić information content (AvgIpc) is 2.60. The number of rotatable bonds is 3. The van der Waals surface area contributed by atoms with Crippen LogP contribution in [-0.2, 0) is 0 Å². The minimum Gasteiger partial charge on any atom is -0.375 e. The van der Waals surface area contributed by atoms with E-state index in [4.69, 9.17) is 0 Å². The number of benzene rings is 1. The Morgan fingerprint density at radius 3 is 2.83 bits per heavy atom. The van der Waals surface area contributed by atoms with Gasteiger partial charge in [-0.2, -0.15) is 0 Å². The van der Waals surface area contributed by atoms with Gasteiger partial charge >= 0.3 is 0 Å². The van der Waals surface area contributed by atoms with E-state index in [1.807, 2.05) is 7.05 Å². The summed E-state index contributed by atoms with van der Waals surface area (Å²) in [6.45, 7) is 2.94. The summed E-state index contributed by atoms with van der Waals surface area (Å²) in [4.78, 5) is 12.5. The van der Waals surface area contributed by atoms with Crippen molar-refractivity contribution in [2.75, 3.05) is 18.9 Å². The zero-order chi connectivity index (χ0) is 13.3. The Labute approximate surface area is 105 Å². The lowest BCUT2D eigenvalue weighted by Gasteiger charge is -2.14. The molecule has 0 spiro atoms. The summed E-state index contributed by atoms with van der Waals surface area (Å²) in [5, 5.41) is 14.0. The maximum Gasteiger partial charge on any atom is 0.295 e. The molecule has 1 N–H and O–H groups in total. The van der Waals surface area contributed by atoms with Crippen LogP contribution in [-0.4, -0.2) is 35.5 Å². The van der Waals surface area contributed by atoms with Crippen molar-refractivity contribution < 1.29 is 9.31 Å². The maximum absolute atomic E-state index is 13.0. The van der Waals surface area contributed by atoms with Gasteiger partial charge in [0.15, 0.2) is 0 Å². The largest absolute Gasteiger partial charge is 0.375 e. The van der Waals surface area contributed by atoms with Crippen LogP contribution in [0.5, 0.6) is 0 Å². The maximum atomic E-state index is 13.0. The summed E-state index contributed by atoms with van der Waals surface area (Å²) in [5.74, 6) is -0.593. The van der Waals surface area contributed by atoms with Gasteiger partial charge in [0.1, 0.15) is 11.5 Å². The van der Waals surface area contributed by atoms with Gasteiger partial charge in [0.05, 0.1) is 11.0 Å². The Balaban J connectivity index is 2.17. The van der Waals surface area contributed by atoms with Crippen LogP contribution in [0, 0.1) is 15.9 Å². The molecule has 1 saturated heterocycles. The molecule has 1 aromatic carbocycles. The van der Waals surface area contributed by atoms with Crippen LogP contribution in [0.4, 0.5) is 15.8 Å². The second kappa shape index (κ2) is 4.89. The Morgan fingerprint density at radius 2 is 2.28 bits per heavy atom. The van der Waals surface area contributed by atoms with Gasteiger partial charge < -0.3 is 10.2 Å². The molecule has 5 nitrogen and oxygen atoms in total. The van der Waals surface area contributed by atoms with E-state index >= 15 is 0 Å². The molecule has 6 heteroatoms. The molecule has 0 radical (unpaired) electrons. The van der Waals surface area contributed by atoms with Crippen molar-refractivity contribution in [1.82, 2.24) is 4.90 Å². The number of hydrogen-bond donors (Lipinski definition) is 1. The first-order valence-corrected chi connectivity index (χ1v) is 5.88. The number of likely N-dealkylation sites (N-methyl/N-ethyl adjacent to an activating group) is 1. The fourth-order valence-electron chi connectivity index (χ4n) is 2.30. The highest BCUT2D eigenvalue weighted by atomic mass is 19.1. The molecular weight excluding hydrogens is 237 g/mol. The zero-order valence-electron chi connectivity index (χ0n) is 10.4. The van der Waals surface area contributed by atoms with Crippen LogP contribution in [0.1, 0.15) is 13.3 Å². The smallest absolute Gasteiger partial charge is 0.295 e. The van der Waals surface area contributed by atoms with Crippen molar-refractivity contribution in [2.24, 2.45) is 0 Å². The SMILES string of the molecule is CC1CC(Nc2ccc(F)cc2[N+](=O)[O-])CN1C. The van der Waals surface area contributed by atoms with Gasteiger partial charge in [-0.1, -0.05) is 0 Å². The Bertz CT molecular complexity index is 457. The quantitative estimate of drug-likeness (QED) is 0.663. The van der Waals surface area contributed by atoms with Crippen molar-refractivity contribution in [3.63, 3.8) is 0 Å². The molecule has 0 aromatic heterocycles. The number of hydrogen-bond acceptors (Lipinski definition) is 4. The fraction of sp³-hybridized carbons (Fsp3) is 0.500. The Kier molecular flexibility index (Phi) is 3.47. The first-order chi connectivity index (χ1) is 8.47. The zero-order valence-corrected chi connectivity index (χ0v) is 10.4. The second-order valence-corrected chi connectivity index (χ2v) is 4.78. The van der Waals surface area contributed by atoms with E-state index in [1.165, 1.54) is 12.1 Å². The molecule has 0 aliphatic carbocycles. The summed E-state index contributed by atoms with van der Waals surface area (Å²) in [7, 11) is 2.02. The van der Waals surface area contributed by atoms with Gasteiger partial charge in [0.25, 0.3) is 5.69 Å². The standard InChI is InChI=1S/C12H16FN3O2/c1-8-5-10(7-15(8)2)14-11-4-3-9(13)6-12(11)16(17)18/h3-4,6,8,10,14H,5,7H2,1-2H3. The van der Waals surface area contributed by atoms with E-state index in [-0.39, 0.29) is 11.7 Å². The van der Waals surface area contributed by atoms with E-state index in [1.54, 1.807) is 0 Å². The van der Waals surface area contributed by atoms with Crippen molar-refractivity contribution >= 4 is 11.4 Å². The summed E-state index contributed by atoms with van der Waals surface area (Å²) in [6, 6.07) is 4.22. The molecule has 1 aliphatic heterocycles. The third-order valence-electron chi connectivity index (χ3n) is 3.40. The molecule has 2 rings (SSSR count). The first kappa shape index (κ1) is 12.8. The van der Waals surface area contributed by atoms with Crippen molar-refractivity contribution in [3.05, 3.63) is 34.1 Å². The van der Waals surface area contributed by atoms with Crippen molar-refractivity contribution in [2.45, 2.75) is 25.4 Å². The van der Waals surface area contributed by atoms with Gasteiger partial charge in [0.2, 0.25) is 0 Å². The van der Waals surface area contributed by atoms with E-state index in [9.17, 15) is 14.5 Å². The third-order valence-corrected chi connectivity index (χ3v) is 3.40. The molecule has 18 heavy (non-hydrogen) atoms. The number of halogens is 1. The number of nitro groups is 1. The Hall–Kier alpha value is -1.69. The summed E-state index contributed by atoms with van der Waals surface area (Å²) < 4.78 is 13.0. The first-order valence-electron chi connectivity index (χ1n) is 5.88. The number of nitrogens with one attached hydrogen (secondary N) is 1.